The molecule has 2 aromatic rings. The predicted molar refractivity (Wildman–Crippen MR) is 84.0 cm³/mol. The summed E-state index contributed by atoms with van der Waals surface area (Å²) >= 11 is 0. The molecule has 0 aliphatic heterocycles. The summed E-state index contributed by atoms with van der Waals surface area (Å²) in [6, 6.07) is 5.33. The lowest BCUT2D eigenvalue weighted by atomic mass is 10.0. The molecule has 24 heavy (non-hydrogen) atoms. The summed E-state index contributed by atoms with van der Waals surface area (Å²) in [5.74, 6) is 0.846. The van der Waals surface area contributed by atoms with Gasteiger partial charge in [0, 0.05) is 12.6 Å². The Hall–Kier alpha value is -2.71. The summed E-state index contributed by atoms with van der Waals surface area (Å²) in [5.41, 5.74) is 0.473. The van der Waals surface area contributed by atoms with Crippen molar-refractivity contribution in [1.82, 2.24) is 20.1 Å². The van der Waals surface area contributed by atoms with E-state index < -0.39 is 18.7 Å². The maximum Gasteiger partial charge on any atom is 0.387 e. The van der Waals surface area contributed by atoms with Gasteiger partial charge in [0.1, 0.15) is 11.6 Å². The maximum atomic E-state index is 12.5. The van der Waals surface area contributed by atoms with Gasteiger partial charge in [0.25, 0.3) is 0 Å². The van der Waals surface area contributed by atoms with Crippen LogP contribution < -0.4 is 15.4 Å². The lowest BCUT2D eigenvalue weighted by Crippen LogP contribution is -2.33. The average molecular weight is 339 g/mol. The summed E-state index contributed by atoms with van der Waals surface area (Å²) in [7, 11) is 1.71. The molecule has 0 fully saturated rings. The van der Waals surface area contributed by atoms with Crippen molar-refractivity contribution in [2.75, 3.05) is 5.32 Å². The van der Waals surface area contributed by atoms with Gasteiger partial charge in [0.05, 0.1) is 6.04 Å². The van der Waals surface area contributed by atoms with Crippen LogP contribution in [0.15, 0.2) is 24.3 Å². The van der Waals surface area contributed by atoms with Crippen LogP contribution in [0, 0.1) is 6.92 Å². The van der Waals surface area contributed by atoms with E-state index in [1.165, 1.54) is 10.7 Å². The minimum absolute atomic E-state index is 0.0338. The number of para-hydroxylation sites is 1. The van der Waals surface area contributed by atoms with E-state index >= 15 is 0 Å². The van der Waals surface area contributed by atoms with Gasteiger partial charge < -0.3 is 10.1 Å². The highest BCUT2D eigenvalue weighted by Crippen LogP contribution is 2.28. The van der Waals surface area contributed by atoms with Crippen LogP contribution in [0.2, 0.25) is 0 Å². The molecule has 0 aliphatic rings. The second kappa shape index (κ2) is 7.71. The molecule has 1 heterocycles. The Bertz CT molecular complexity index is 685. The van der Waals surface area contributed by atoms with Crippen molar-refractivity contribution in [3.8, 4) is 5.75 Å². The summed E-state index contributed by atoms with van der Waals surface area (Å²) in [4.78, 5) is 16.2. The van der Waals surface area contributed by atoms with E-state index in [2.05, 4.69) is 25.5 Å². The van der Waals surface area contributed by atoms with Gasteiger partial charge in [-0.15, -0.1) is 5.10 Å². The molecule has 2 N–H and O–H groups in total. The highest BCUT2D eigenvalue weighted by Gasteiger charge is 2.19. The largest absolute Gasteiger partial charge is 0.434 e. The van der Waals surface area contributed by atoms with Gasteiger partial charge in [-0.05, 0) is 19.4 Å². The number of ether oxygens (including phenoxy) is 1. The number of nitrogens with zero attached hydrogens (tertiary/aromatic N) is 3. The van der Waals surface area contributed by atoms with Crippen molar-refractivity contribution < 1.29 is 18.3 Å². The Kier molecular flexibility index (Phi) is 5.67. The number of hydrogen-bond donors (Lipinski definition) is 2. The fourth-order valence-corrected chi connectivity index (χ4v) is 2.18. The van der Waals surface area contributed by atoms with Gasteiger partial charge in [0.15, 0.2) is 0 Å². The van der Waals surface area contributed by atoms with E-state index in [9.17, 15) is 13.6 Å². The van der Waals surface area contributed by atoms with Gasteiger partial charge in [-0.2, -0.15) is 13.8 Å². The number of hydrogen-bond acceptors (Lipinski definition) is 4. The molecule has 0 spiro atoms. The van der Waals surface area contributed by atoms with Crippen LogP contribution in [0.4, 0.5) is 19.5 Å². The Morgan fingerprint density at radius 3 is 2.67 bits per heavy atom. The minimum Gasteiger partial charge on any atom is -0.434 e. The molecule has 0 bridgehead atoms. The maximum absolute atomic E-state index is 12.5. The summed E-state index contributed by atoms with van der Waals surface area (Å²) < 4.78 is 31.1. The number of benzene rings is 1. The quantitative estimate of drug-likeness (QED) is 0.848. The predicted octanol–water partition coefficient (Wildman–Crippen LogP) is 3.00. The molecule has 1 atom stereocenters. The molecule has 0 radical (unpaired) electrons. The van der Waals surface area contributed by atoms with Crippen LogP contribution in [-0.2, 0) is 7.05 Å². The SMILES string of the molecule is CC[C@H](NC(=O)Nc1nc(C)n(C)n1)c1ccccc1OC(F)F. The molecule has 2 rings (SSSR count). The van der Waals surface area contributed by atoms with E-state index in [4.69, 9.17) is 0 Å². The summed E-state index contributed by atoms with van der Waals surface area (Å²) in [6.07, 6.45) is 0.492. The van der Waals surface area contributed by atoms with Crippen LogP contribution >= 0.6 is 0 Å². The van der Waals surface area contributed by atoms with Gasteiger partial charge >= 0.3 is 12.6 Å². The van der Waals surface area contributed by atoms with Crippen molar-refractivity contribution >= 4 is 12.0 Å². The highest BCUT2D eigenvalue weighted by molar-refractivity contribution is 5.87. The number of carbonyl (C=O) groups excluding carboxylic acids is 1. The van der Waals surface area contributed by atoms with Crippen molar-refractivity contribution in [2.45, 2.75) is 32.9 Å². The number of aromatic nitrogens is 3. The molecule has 1 aromatic heterocycles. The summed E-state index contributed by atoms with van der Waals surface area (Å²) in [6.45, 7) is 0.647. The van der Waals surface area contributed by atoms with E-state index in [0.717, 1.165) is 0 Å². The first-order valence-electron chi connectivity index (χ1n) is 7.39. The molecule has 0 unspecified atom stereocenters. The zero-order chi connectivity index (χ0) is 17.7. The number of aryl methyl sites for hydroxylation is 2. The first-order chi connectivity index (χ1) is 11.4. The van der Waals surface area contributed by atoms with Crippen molar-refractivity contribution in [2.24, 2.45) is 7.05 Å². The normalized spacial score (nSPS) is 12.1. The highest BCUT2D eigenvalue weighted by atomic mass is 19.3. The van der Waals surface area contributed by atoms with Crippen molar-refractivity contribution in [3.05, 3.63) is 35.7 Å². The van der Waals surface area contributed by atoms with E-state index in [1.54, 1.807) is 32.2 Å². The van der Waals surface area contributed by atoms with Crippen LogP contribution in [-0.4, -0.2) is 27.4 Å². The Labute approximate surface area is 138 Å². The van der Waals surface area contributed by atoms with Gasteiger partial charge in [0.2, 0.25) is 5.95 Å². The standard InChI is InChI=1S/C15H19F2N5O2/c1-4-11(10-7-5-6-8-12(10)24-13(16)17)19-15(23)20-14-18-9(2)22(3)21-14/h5-8,11,13H,4H2,1-3H3,(H2,19,20,21,23)/t11-/m0/s1. The molecule has 0 saturated heterocycles. The zero-order valence-electron chi connectivity index (χ0n) is 13.6. The smallest absolute Gasteiger partial charge is 0.387 e. The fourth-order valence-electron chi connectivity index (χ4n) is 2.18. The molecule has 1 aromatic carbocycles. The molecular weight excluding hydrogens is 320 g/mol. The van der Waals surface area contributed by atoms with Gasteiger partial charge in [-0.1, -0.05) is 25.1 Å². The number of anilines is 1. The lowest BCUT2D eigenvalue weighted by Gasteiger charge is -2.20. The van der Waals surface area contributed by atoms with Crippen LogP contribution in [0.5, 0.6) is 5.75 Å². The Morgan fingerprint density at radius 2 is 2.08 bits per heavy atom. The first-order valence-corrected chi connectivity index (χ1v) is 7.39. The Morgan fingerprint density at radius 1 is 1.38 bits per heavy atom. The van der Waals surface area contributed by atoms with Crippen LogP contribution in [0.25, 0.3) is 0 Å². The minimum atomic E-state index is -2.93. The second-order valence-electron chi connectivity index (χ2n) is 5.08. The van der Waals surface area contributed by atoms with E-state index in [1.807, 2.05) is 6.92 Å². The monoisotopic (exact) mass is 339 g/mol. The number of nitrogens with one attached hydrogen (secondary N) is 2. The number of alkyl halides is 2. The zero-order valence-corrected chi connectivity index (χ0v) is 13.6. The average Bonchev–Trinajstić information content (AvgIpc) is 2.83. The molecule has 0 saturated carbocycles. The molecule has 9 heteroatoms. The number of rotatable bonds is 6. The third-order valence-corrected chi connectivity index (χ3v) is 3.43. The van der Waals surface area contributed by atoms with Gasteiger partial charge in [-0.3, -0.25) is 10.00 Å². The van der Waals surface area contributed by atoms with Crippen LogP contribution in [0.1, 0.15) is 30.8 Å². The molecule has 2 amide bonds. The number of carbonyl (C=O) groups is 1. The fraction of sp³-hybridized carbons (Fsp3) is 0.400. The lowest BCUT2D eigenvalue weighted by molar-refractivity contribution is -0.0506. The first kappa shape index (κ1) is 17.6. The number of urea groups is 1. The van der Waals surface area contributed by atoms with E-state index in [0.29, 0.717) is 17.8 Å². The second-order valence-corrected chi connectivity index (χ2v) is 5.08. The molecule has 130 valence electrons. The molecule has 0 aliphatic carbocycles. The van der Waals surface area contributed by atoms with Crippen molar-refractivity contribution in [1.29, 1.82) is 0 Å². The topological polar surface area (TPSA) is 81.1 Å². The van der Waals surface area contributed by atoms with E-state index in [-0.39, 0.29) is 11.7 Å². The third kappa shape index (κ3) is 4.40. The number of halogens is 2. The molecular formula is C15H19F2N5O2. The van der Waals surface area contributed by atoms with Crippen LogP contribution in [0.3, 0.4) is 0 Å². The van der Waals surface area contributed by atoms with Crippen molar-refractivity contribution in [3.63, 3.8) is 0 Å². The summed E-state index contributed by atoms with van der Waals surface area (Å²) in [5, 5.41) is 9.25. The third-order valence-electron chi connectivity index (χ3n) is 3.43. The number of amides is 2. The Balaban J connectivity index is 2.10. The van der Waals surface area contributed by atoms with Gasteiger partial charge in [-0.25, -0.2) is 4.79 Å². The molecule has 7 nitrogen and oxygen atoms in total.